The molecular weight excluding hydrogens is 220 g/mol. The number of phenolic OH excluding ortho intramolecular Hbond substituents is 2. The van der Waals surface area contributed by atoms with E-state index in [1.54, 1.807) is 6.92 Å². The zero-order valence-corrected chi connectivity index (χ0v) is 9.95. The third kappa shape index (κ3) is 1.84. The number of rotatable bonds is 3. The van der Waals surface area contributed by atoms with Crippen molar-refractivity contribution in [2.24, 2.45) is 0 Å². The van der Waals surface area contributed by atoms with Crippen molar-refractivity contribution in [2.75, 3.05) is 0 Å². The lowest BCUT2D eigenvalue weighted by Crippen LogP contribution is -2.14. The molecule has 1 fully saturated rings. The van der Waals surface area contributed by atoms with Crippen molar-refractivity contribution < 1.29 is 20.1 Å². The van der Waals surface area contributed by atoms with Crippen LogP contribution in [0.4, 0.5) is 0 Å². The second-order valence-electron chi connectivity index (χ2n) is 4.89. The minimum Gasteiger partial charge on any atom is -0.504 e. The molecule has 92 valence electrons. The Hall–Kier alpha value is -1.71. The highest BCUT2D eigenvalue weighted by Gasteiger charge is 2.47. The van der Waals surface area contributed by atoms with Crippen molar-refractivity contribution in [3.8, 4) is 11.5 Å². The lowest BCUT2D eigenvalue weighted by molar-refractivity contribution is -0.137. The molecule has 1 aliphatic carbocycles. The molecule has 0 spiro atoms. The number of carboxylic acid groups (broad SMARTS) is 1. The van der Waals surface area contributed by atoms with E-state index in [0.717, 1.165) is 24.0 Å². The maximum atomic E-state index is 10.9. The molecule has 0 aromatic heterocycles. The van der Waals surface area contributed by atoms with E-state index < -0.39 is 5.97 Å². The standard InChI is InChI=1S/C13H16O4/c1-7-8(2)12(17)10(14)5-9(7)13(3-4-13)6-11(15)16/h5,14,17H,3-4,6H2,1-2H3,(H,15,16). The molecule has 4 heteroatoms. The van der Waals surface area contributed by atoms with Crippen LogP contribution in [0.15, 0.2) is 6.07 Å². The molecule has 0 amide bonds. The van der Waals surface area contributed by atoms with Gasteiger partial charge >= 0.3 is 5.97 Å². The van der Waals surface area contributed by atoms with E-state index in [1.165, 1.54) is 6.07 Å². The van der Waals surface area contributed by atoms with Gasteiger partial charge in [-0.3, -0.25) is 4.79 Å². The van der Waals surface area contributed by atoms with E-state index >= 15 is 0 Å². The van der Waals surface area contributed by atoms with Gasteiger partial charge in [-0.25, -0.2) is 0 Å². The van der Waals surface area contributed by atoms with Gasteiger partial charge in [0.25, 0.3) is 0 Å². The van der Waals surface area contributed by atoms with Crippen molar-refractivity contribution in [3.05, 3.63) is 22.8 Å². The van der Waals surface area contributed by atoms with Crippen LogP contribution in [-0.4, -0.2) is 21.3 Å². The molecule has 1 saturated carbocycles. The molecule has 0 radical (unpaired) electrons. The van der Waals surface area contributed by atoms with Crippen molar-refractivity contribution in [3.63, 3.8) is 0 Å². The number of carboxylic acids is 1. The fraction of sp³-hybridized carbons (Fsp3) is 0.462. The lowest BCUT2D eigenvalue weighted by Gasteiger charge is -2.19. The Bertz CT molecular complexity index is 487. The third-order valence-electron chi connectivity index (χ3n) is 3.76. The van der Waals surface area contributed by atoms with Crippen LogP contribution in [0.3, 0.4) is 0 Å². The molecule has 3 N–H and O–H groups in total. The quantitative estimate of drug-likeness (QED) is 0.703. The van der Waals surface area contributed by atoms with Gasteiger partial charge in [-0.15, -0.1) is 0 Å². The van der Waals surface area contributed by atoms with E-state index in [0.29, 0.717) is 5.56 Å². The maximum Gasteiger partial charge on any atom is 0.304 e. The molecular formula is C13H16O4. The van der Waals surface area contributed by atoms with E-state index in [-0.39, 0.29) is 23.3 Å². The Morgan fingerprint density at radius 1 is 1.29 bits per heavy atom. The normalized spacial score (nSPS) is 16.8. The Labute approximate surface area is 99.5 Å². The Morgan fingerprint density at radius 2 is 1.88 bits per heavy atom. The average molecular weight is 236 g/mol. The summed E-state index contributed by atoms with van der Waals surface area (Å²) in [6, 6.07) is 1.51. The van der Waals surface area contributed by atoms with Gasteiger partial charge in [0.2, 0.25) is 0 Å². The molecule has 0 aliphatic heterocycles. The van der Waals surface area contributed by atoms with Gasteiger partial charge in [-0.05, 0) is 49.4 Å². The summed E-state index contributed by atoms with van der Waals surface area (Å²) >= 11 is 0. The average Bonchev–Trinajstić information content (AvgIpc) is 3.00. The number of carbonyl (C=O) groups is 1. The highest BCUT2D eigenvalue weighted by atomic mass is 16.4. The Kier molecular flexibility index (Phi) is 2.53. The molecule has 0 unspecified atom stereocenters. The molecule has 4 nitrogen and oxygen atoms in total. The minimum absolute atomic E-state index is 0.0808. The van der Waals surface area contributed by atoms with Crippen molar-refractivity contribution >= 4 is 5.97 Å². The summed E-state index contributed by atoms with van der Waals surface area (Å²) < 4.78 is 0. The monoisotopic (exact) mass is 236 g/mol. The van der Waals surface area contributed by atoms with E-state index in [1.807, 2.05) is 6.92 Å². The van der Waals surface area contributed by atoms with Gasteiger partial charge in [-0.1, -0.05) is 0 Å². The van der Waals surface area contributed by atoms with Gasteiger partial charge in [0, 0.05) is 5.41 Å². The van der Waals surface area contributed by atoms with Crippen LogP contribution in [0.25, 0.3) is 0 Å². The predicted molar refractivity (Wildman–Crippen MR) is 62.4 cm³/mol. The van der Waals surface area contributed by atoms with Gasteiger partial charge in [0.05, 0.1) is 6.42 Å². The summed E-state index contributed by atoms with van der Waals surface area (Å²) in [5.74, 6) is -1.11. The smallest absolute Gasteiger partial charge is 0.304 e. The molecule has 2 rings (SSSR count). The van der Waals surface area contributed by atoms with Crippen LogP contribution in [0.2, 0.25) is 0 Å². The summed E-state index contributed by atoms with van der Waals surface area (Å²) in [5.41, 5.74) is 2.01. The maximum absolute atomic E-state index is 10.9. The van der Waals surface area contributed by atoms with E-state index in [2.05, 4.69) is 0 Å². The van der Waals surface area contributed by atoms with Gasteiger partial charge in [-0.2, -0.15) is 0 Å². The van der Waals surface area contributed by atoms with E-state index in [9.17, 15) is 15.0 Å². The Morgan fingerprint density at radius 3 is 2.35 bits per heavy atom. The molecule has 1 aliphatic rings. The highest BCUT2D eigenvalue weighted by Crippen LogP contribution is 2.54. The van der Waals surface area contributed by atoms with Crippen LogP contribution < -0.4 is 0 Å². The fourth-order valence-electron chi connectivity index (χ4n) is 2.42. The first kappa shape index (κ1) is 11.8. The molecule has 1 aromatic rings. The van der Waals surface area contributed by atoms with Crippen molar-refractivity contribution in [2.45, 2.75) is 38.5 Å². The first-order valence-electron chi connectivity index (χ1n) is 5.62. The molecule has 17 heavy (non-hydrogen) atoms. The summed E-state index contributed by atoms with van der Waals surface area (Å²) in [5, 5.41) is 28.2. The van der Waals surface area contributed by atoms with Gasteiger partial charge in [0.15, 0.2) is 11.5 Å². The Balaban J connectivity index is 2.50. The summed E-state index contributed by atoms with van der Waals surface area (Å²) in [4.78, 5) is 10.9. The van der Waals surface area contributed by atoms with E-state index in [4.69, 9.17) is 5.11 Å². The predicted octanol–water partition coefficient (Wildman–Crippen LogP) is 2.22. The number of phenols is 2. The van der Waals surface area contributed by atoms with Crippen LogP contribution in [-0.2, 0) is 10.2 Å². The minimum atomic E-state index is -0.827. The molecule has 0 saturated heterocycles. The highest BCUT2D eigenvalue weighted by molar-refractivity contribution is 5.71. The zero-order chi connectivity index (χ0) is 12.8. The van der Waals surface area contributed by atoms with Crippen molar-refractivity contribution in [1.29, 1.82) is 0 Å². The third-order valence-corrected chi connectivity index (χ3v) is 3.76. The molecule has 1 aromatic carbocycles. The first-order chi connectivity index (χ1) is 7.87. The van der Waals surface area contributed by atoms with Crippen LogP contribution in [0.5, 0.6) is 11.5 Å². The lowest BCUT2D eigenvalue weighted by atomic mass is 9.86. The topological polar surface area (TPSA) is 77.8 Å². The number of aromatic hydroxyl groups is 2. The number of hydrogen-bond donors (Lipinski definition) is 3. The van der Waals surface area contributed by atoms with Crippen molar-refractivity contribution in [1.82, 2.24) is 0 Å². The molecule has 0 heterocycles. The fourth-order valence-corrected chi connectivity index (χ4v) is 2.42. The largest absolute Gasteiger partial charge is 0.504 e. The number of aliphatic carboxylic acids is 1. The van der Waals surface area contributed by atoms with Crippen LogP contribution in [0.1, 0.15) is 36.0 Å². The van der Waals surface area contributed by atoms with Crippen LogP contribution in [0, 0.1) is 13.8 Å². The first-order valence-corrected chi connectivity index (χ1v) is 5.62. The van der Waals surface area contributed by atoms with Crippen LogP contribution >= 0.6 is 0 Å². The molecule has 0 bridgehead atoms. The summed E-state index contributed by atoms with van der Waals surface area (Å²) in [7, 11) is 0. The second-order valence-corrected chi connectivity index (χ2v) is 4.89. The number of benzene rings is 1. The van der Waals surface area contributed by atoms with Gasteiger partial charge < -0.3 is 15.3 Å². The molecule has 0 atom stereocenters. The van der Waals surface area contributed by atoms with Gasteiger partial charge in [0.1, 0.15) is 0 Å². The summed E-state index contributed by atoms with van der Waals surface area (Å²) in [6.45, 7) is 3.58. The SMILES string of the molecule is Cc1c(C2(CC(=O)O)CC2)cc(O)c(O)c1C. The summed E-state index contributed by atoms with van der Waals surface area (Å²) in [6.07, 6.45) is 1.73. The second kappa shape index (κ2) is 3.65. The zero-order valence-electron chi connectivity index (χ0n) is 9.95. The number of hydrogen-bond acceptors (Lipinski definition) is 3.